The van der Waals surface area contributed by atoms with E-state index in [2.05, 4.69) is 17.1 Å². The first kappa shape index (κ1) is 14.1. The molecule has 1 aromatic heterocycles. The molecule has 2 atom stereocenters. The average molecular weight is 268 g/mol. The Morgan fingerprint density at radius 2 is 2.32 bits per heavy atom. The van der Waals surface area contributed by atoms with Gasteiger partial charge in [-0.2, -0.15) is 4.98 Å². The van der Waals surface area contributed by atoms with Crippen molar-refractivity contribution >= 4 is 5.78 Å². The maximum atomic E-state index is 11.8. The number of hydrogen-bond acceptors (Lipinski definition) is 6. The van der Waals surface area contributed by atoms with Gasteiger partial charge in [-0.05, 0) is 13.3 Å². The summed E-state index contributed by atoms with van der Waals surface area (Å²) in [6.45, 7) is 5.41. The van der Waals surface area contributed by atoms with Crippen LogP contribution in [0.2, 0.25) is 0 Å². The van der Waals surface area contributed by atoms with Crippen molar-refractivity contribution < 1.29 is 18.8 Å². The number of aromatic nitrogens is 2. The van der Waals surface area contributed by atoms with Gasteiger partial charge in [0.25, 0.3) is 0 Å². The van der Waals surface area contributed by atoms with Crippen molar-refractivity contribution in [2.75, 3.05) is 19.8 Å². The van der Waals surface area contributed by atoms with Crippen molar-refractivity contribution in [1.29, 1.82) is 0 Å². The quantitative estimate of drug-likeness (QED) is 0.785. The van der Waals surface area contributed by atoms with Crippen molar-refractivity contribution in [2.24, 2.45) is 0 Å². The topological polar surface area (TPSA) is 74.5 Å². The number of carbonyl (C=O) groups is 1. The van der Waals surface area contributed by atoms with E-state index in [1.54, 1.807) is 0 Å². The van der Waals surface area contributed by atoms with Crippen molar-refractivity contribution in [2.45, 2.75) is 45.1 Å². The monoisotopic (exact) mass is 268 g/mol. The molecule has 6 heteroatoms. The second kappa shape index (κ2) is 6.77. The summed E-state index contributed by atoms with van der Waals surface area (Å²) in [4.78, 5) is 16.1. The Balaban J connectivity index is 2.10. The number of Topliss-reactive ketones (excluding diaryl/α,β-unsaturated/α-hetero) is 1. The zero-order valence-electron chi connectivity index (χ0n) is 11.4. The van der Waals surface area contributed by atoms with Gasteiger partial charge in [-0.15, -0.1) is 0 Å². The molecule has 6 nitrogen and oxygen atoms in total. The predicted octanol–water partition coefficient (Wildman–Crippen LogP) is 2.02. The summed E-state index contributed by atoms with van der Waals surface area (Å²) >= 11 is 0. The summed E-state index contributed by atoms with van der Waals surface area (Å²) in [5.41, 5.74) is 0. The average Bonchev–Trinajstić information content (AvgIpc) is 2.88. The molecule has 2 unspecified atom stereocenters. The van der Waals surface area contributed by atoms with Gasteiger partial charge in [0, 0.05) is 13.0 Å². The number of rotatable bonds is 6. The van der Waals surface area contributed by atoms with Crippen molar-refractivity contribution in [3.63, 3.8) is 0 Å². The first-order chi connectivity index (χ1) is 9.26. The maximum absolute atomic E-state index is 11.8. The van der Waals surface area contributed by atoms with Crippen LogP contribution in [-0.4, -0.2) is 35.7 Å². The fourth-order valence-corrected chi connectivity index (χ4v) is 2.12. The molecule has 0 bridgehead atoms. The van der Waals surface area contributed by atoms with Crippen LogP contribution in [0.3, 0.4) is 0 Å². The fourth-order valence-electron chi connectivity index (χ4n) is 2.12. The number of nitrogens with zero attached hydrogens (tertiary/aromatic N) is 2. The molecular weight excluding hydrogens is 248 g/mol. The highest BCUT2D eigenvalue weighted by Gasteiger charge is 2.30. The number of hydrogen-bond donors (Lipinski definition) is 0. The van der Waals surface area contributed by atoms with E-state index >= 15 is 0 Å². The first-order valence-corrected chi connectivity index (χ1v) is 6.81. The minimum Gasteiger partial charge on any atom is -0.380 e. The largest absolute Gasteiger partial charge is 0.380 e. The van der Waals surface area contributed by atoms with Gasteiger partial charge in [-0.1, -0.05) is 18.5 Å². The van der Waals surface area contributed by atoms with Crippen LogP contribution in [0, 0.1) is 0 Å². The third-order valence-corrected chi connectivity index (χ3v) is 3.13. The lowest BCUT2D eigenvalue weighted by atomic mass is 10.0. The minimum absolute atomic E-state index is 0.102. The molecule has 0 radical (unpaired) electrons. The minimum atomic E-state index is -0.418. The molecule has 2 heterocycles. The zero-order valence-corrected chi connectivity index (χ0v) is 11.4. The van der Waals surface area contributed by atoms with Crippen LogP contribution >= 0.6 is 0 Å². The van der Waals surface area contributed by atoms with Gasteiger partial charge in [0.05, 0.1) is 13.2 Å². The fraction of sp³-hybridized carbons (Fsp3) is 0.769. The molecule has 1 fully saturated rings. The molecule has 0 N–H and O–H groups in total. The smallest absolute Gasteiger partial charge is 0.239 e. The highest BCUT2D eigenvalue weighted by Crippen LogP contribution is 2.25. The lowest BCUT2D eigenvalue weighted by Gasteiger charge is -2.17. The van der Waals surface area contributed by atoms with Gasteiger partial charge in [0.15, 0.2) is 0 Å². The van der Waals surface area contributed by atoms with Crippen molar-refractivity contribution in [3.8, 4) is 0 Å². The Bertz CT molecular complexity index is 413. The van der Waals surface area contributed by atoms with E-state index in [1.807, 2.05) is 6.92 Å². The second-order valence-corrected chi connectivity index (χ2v) is 4.57. The Kier molecular flexibility index (Phi) is 5.04. The van der Waals surface area contributed by atoms with E-state index in [0.717, 1.165) is 12.8 Å². The Morgan fingerprint density at radius 3 is 3.00 bits per heavy atom. The molecule has 0 spiro atoms. The van der Waals surface area contributed by atoms with Crippen LogP contribution in [-0.2, 0) is 14.3 Å². The summed E-state index contributed by atoms with van der Waals surface area (Å²) in [5.74, 6) is 0.557. The van der Waals surface area contributed by atoms with E-state index in [1.165, 1.54) is 0 Å². The predicted molar refractivity (Wildman–Crippen MR) is 66.8 cm³/mol. The summed E-state index contributed by atoms with van der Waals surface area (Å²) in [7, 11) is 0. The van der Waals surface area contributed by atoms with Crippen LogP contribution in [0.25, 0.3) is 0 Å². The van der Waals surface area contributed by atoms with Crippen molar-refractivity contribution in [1.82, 2.24) is 10.1 Å². The van der Waals surface area contributed by atoms with Gasteiger partial charge in [-0.25, -0.2) is 0 Å². The molecular formula is C13H20N2O4. The first-order valence-electron chi connectivity index (χ1n) is 6.81. The van der Waals surface area contributed by atoms with Crippen LogP contribution in [0.5, 0.6) is 0 Å². The molecule has 19 heavy (non-hydrogen) atoms. The normalized spacial score (nSPS) is 21.6. The third kappa shape index (κ3) is 3.39. The number of carbonyl (C=O) groups excluding carboxylic acids is 1. The Hall–Kier alpha value is -1.27. The molecule has 1 saturated heterocycles. The summed E-state index contributed by atoms with van der Waals surface area (Å²) in [6.07, 6.45) is 2.06. The van der Waals surface area contributed by atoms with E-state index < -0.39 is 5.92 Å². The molecule has 2 rings (SSSR count). The van der Waals surface area contributed by atoms with Crippen LogP contribution in [0.4, 0.5) is 0 Å². The zero-order chi connectivity index (χ0) is 13.7. The van der Waals surface area contributed by atoms with Crippen molar-refractivity contribution in [3.05, 3.63) is 11.7 Å². The van der Waals surface area contributed by atoms with E-state index in [4.69, 9.17) is 14.0 Å². The van der Waals surface area contributed by atoms with Gasteiger partial charge >= 0.3 is 0 Å². The highest BCUT2D eigenvalue weighted by molar-refractivity contribution is 5.85. The summed E-state index contributed by atoms with van der Waals surface area (Å²) in [5, 5.41) is 3.94. The van der Waals surface area contributed by atoms with Gasteiger partial charge < -0.3 is 14.0 Å². The van der Waals surface area contributed by atoms with Gasteiger partial charge in [-0.3, -0.25) is 4.79 Å². The second-order valence-electron chi connectivity index (χ2n) is 4.57. The third-order valence-electron chi connectivity index (χ3n) is 3.13. The van der Waals surface area contributed by atoms with Crippen LogP contribution in [0.1, 0.15) is 56.8 Å². The lowest BCUT2D eigenvalue weighted by Crippen LogP contribution is -2.25. The molecule has 0 aromatic carbocycles. The Labute approximate surface area is 112 Å². The van der Waals surface area contributed by atoms with Crippen LogP contribution < -0.4 is 0 Å². The molecule has 1 aromatic rings. The number of ketones is 1. The molecule has 106 valence electrons. The van der Waals surface area contributed by atoms with E-state index in [-0.39, 0.29) is 11.9 Å². The number of ether oxygens (including phenoxy) is 2. The molecule has 0 aliphatic carbocycles. The molecule has 0 saturated carbocycles. The summed E-state index contributed by atoms with van der Waals surface area (Å²) < 4.78 is 16.1. The highest BCUT2D eigenvalue weighted by atomic mass is 16.5. The SMILES string of the molecule is CCCC(OCC)c1noc(C2COCCC2=O)n1. The van der Waals surface area contributed by atoms with Gasteiger partial charge in [0.1, 0.15) is 17.8 Å². The summed E-state index contributed by atoms with van der Waals surface area (Å²) in [6, 6.07) is 0. The van der Waals surface area contributed by atoms with Crippen LogP contribution in [0.15, 0.2) is 4.52 Å². The Morgan fingerprint density at radius 1 is 1.47 bits per heavy atom. The lowest BCUT2D eigenvalue weighted by molar-refractivity contribution is -0.127. The van der Waals surface area contributed by atoms with E-state index in [0.29, 0.717) is 38.0 Å². The molecule has 1 aliphatic rings. The molecule has 0 amide bonds. The van der Waals surface area contributed by atoms with E-state index in [9.17, 15) is 4.79 Å². The maximum Gasteiger partial charge on any atom is 0.239 e. The molecule has 1 aliphatic heterocycles. The standard InChI is InChI=1S/C13H20N2O4/c1-3-5-11(18-4-2)12-14-13(19-15-12)9-8-17-7-6-10(9)16/h9,11H,3-8H2,1-2H3. The van der Waals surface area contributed by atoms with Gasteiger partial charge in [0.2, 0.25) is 11.7 Å².